The lowest BCUT2D eigenvalue weighted by Gasteiger charge is -2.18. The largest absolute Gasteiger partial charge is 0.309 e. The molecule has 0 amide bonds. The molecule has 1 rings (SSSR count). The van der Waals surface area contributed by atoms with Crippen LogP contribution in [0.5, 0.6) is 0 Å². The quantitative estimate of drug-likeness (QED) is 0.474. The average Bonchev–Trinajstić information content (AvgIpc) is 2.55. The second kappa shape index (κ2) is 4.94. The molecule has 0 aromatic rings. The van der Waals surface area contributed by atoms with Crippen LogP contribution in [0, 0.1) is 0 Å². The first-order chi connectivity index (χ1) is 6.20. The summed E-state index contributed by atoms with van der Waals surface area (Å²) in [5.41, 5.74) is 0. The highest BCUT2D eigenvalue weighted by molar-refractivity contribution is 5.94. The summed E-state index contributed by atoms with van der Waals surface area (Å²) in [6.45, 7) is 2.50. The van der Waals surface area contributed by atoms with Gasteiger partial charge in [0.1, 0.15) is 12.2 Å². The minimum atomic E-state index is 0.623. The number of hydrogen-bond donors (Lipinski definition) is 1. The van der Waals surface area contributed by atoms with Gasteiger partial charge in [-0.15, -0.1) is 0 Å². The summed E-state index contributed by atoms with van der Waals surface area (Å²) >= 11 is 0. The van der Waals surface area contributed by atoms with Gasteiger partial charge in [-0.25, -0.2) is 10.8 Å². The van der Waals surface area contributed by atoms with Crippen LogP contribution in [0.1, 0.15) is 6.42 Å². The van der Waals surface area contributed by atoms with E-state index in [2.05, 4.69) is 29.0 Å². The van der Waals surface area contributed by atoms with Crippen LogP contribution in [0.15, 0.2) is 9.98 Å². The molecule has 0 aliphatic carbocycles. The smallest absolute Gasteiger partial charge is 0.142 e. The number of hydrazine groups is 1. The van der Waals surface area contributed by atoms with Gasteiger partial charge in [-0.1, -0.05) is 0 Å². The van der Waals surface area contributed by atoms with Crippen molar-refractivity contribution in [1.82, 2.24) is 9.91 Å². The molecule has 2 N–H and O–H groups in total. The summed E-state index contributed by atoms with van der Waals surface area (Å²) in [6, 6.07) is 0. The maximum absolute atomic E-state index is 5.77. The fourth-order valence-corrected chi connectivity index (χ4v) is 1.12. The van der Waals surface area contributed by atoms with Gasteiger partial charge < -0.3 is 4.90 Å². The van der Waals surface area contributed by atoms with Gasteiger partial charge >= 0.3 is 0 Å². The zero-order chi connectivity index (χ0) is 9.68. The van der Waals surface area contributed by atoms with Crippen molar-refractivity contribution in [1.29, 1.82) is 0 Å². The summed E-state index contributed by atoms with van der Waals surface area (Å²) in [4.78, 5) is 10.2. The Hall–Kier alpha value is -0.940. The van der Waals surface area contributed by atoms with E-state index < -0.39 is 0 Å². The Morgan fingerprint density at radius 3 is 2.77 bits per heavy atom. The van der Waals surface area contributed by atoms with Gasteiger partial charge in [-0.2, -0.15) is 0 Å². The number of nitrogens with zero attached hydrogens (tertiary/aromatic N) is 4. The molecule has 0 atom stereocenters. The summed E-state index contributed by atoms with van der Waals surface area (Å²) in [7, 11) is 4.11. The van der Waals surface area contributed by atoms with E-state index in [-0.39, 0.29) is 0 Å². The first kappa shape index (κ1) is 10.1. The summed E-state index contributed by atoms with van der Waals surface area (Å²) in [6.07, 6.45) is 2.60. The minimum absolute atomic E-state index is 0.623. The first-order valence-electron chi connectivity index (χ1n) is 4.42. The molecule has 0 aromatic carbocycles. The predicted molar refractivity (Wildman–Crippen MR) is 54.9 cm³/mol. The van der Waals surface area contributed by atoms with Crippen LogP contribution in [0.4, 0.5) is 0 Å². The van der Waals surface area contributed by atoms with E-state index in [0.29, 0.717) is 6.54 Å². The molecule has 0 radical (unpaired) electrons. The van der Waals surface area contributed by atoms with Crippen LogP contribution in [-0.2, 0) is 0 Å². The van der Waals surface area contributed by atoms with Crippen LogP contribution in [-0.4, -0.2) is 55.8 Å². The van der Waals surface area contributed by atoms with Gasteiger partial charge in [0.15, 0.2) is 0 Å². The van der Waals surface area contributed by atoms with E-state index in [0.717, 1.165) is 25.3 Å². The number of aliphatic imine (C=N–C) groups is 2. The maximum Gasteiger partial charge on any atom is 0.142 e. The van der Waals surface area contributed by atoms with Crippen molar-refractivity contribution in [2.24, 2.45) is 15.8 Å². The van der Waals surface area contributed by atoms with E-state index >= 15 is 0 Å². The molecule has 0 bridgehead atoms. The summed E-state index contributed by atoms with van der Waals surface area (Å²) in [5, 5.41) is 1.68. The molecule has 1 heterocycles. The Morgan fingerprint density at radius 2 is 2.23 bits per heavy atom. The van der Waals surface area contributed by atoms with Crippen molar-refractivity contribution >= 4 is 12.2 Å². The monoisotopic (exact) mass is 183 g/mol. The molecule has 0 spiro atoms. The molecular formula is C8H17N5. The lowest BCUT2D eigenvalue weighted by Crippen LogP contribution is -2.39. The van der Waals surface area contributed by atoms with Crippen LogP contribution < -0.4 is 5.84 Å². The Bertz CT molecular complexity index is 209. The first-order valence-corrected chi connectivity index (χ1v) is 4.42. The normalized spacial score (nSPS) is 15.2. The van der Waals surface area contributed by atoms with Crippen LogP contribution in [0.3, 0.4) is 0 Å². The van der Waals surface area contributed by atoms with Crippen LogP contribution in [0.2, 0.25) is 0 Å². The van der Waals surface area contributed by atoms with Crippen LogP contribution in [0.25, 0.3) is 0 Å². The Labute approximate surface area is 78.9 Å². The summed E-state index contributed by atoms with van der Waals surface area (Å²) < 4.78 is 0. The highest BCUT2D eigenvalue weighted by Gasteiger charge is 2.08. The third-order valence-corrected chi connectivity index (χ3v) is 1.86. The molecule has 0 saturated carbocycles. The van der Waals surface area contributed by atoms with Crippen LogP contribution >= 0.6 is 0 Å². The molecule has 1 aliphatic heterocycles. The van der Waals surface area contributed by atoms with E-state index in [4.69, 9.17) is 5.84 Å². The molecule has 5 nitrogen and oxygen atoms in total. The fraction of sp³-hybridized carbons (Fsp3) is 0.750. The van der Waals surface area contributed by atoms with Gasteiger partial charge in [0.2, 0.25) is 0 Å². The minimum Gasteiger partial charge on any atom is -0.309 e. The van der Waals surface area contributed by atoms with Crippen molar-refractivity contribution in [2.75, 3.05) is 33.7 Å². The standard InChI is InChI=1S/C8H17N5/c1-12(2)4-3-5-13(9)8-6-10-7-11-8/h7H,3-6,9H2,1-2H3. The SMILES string of the molecule is CN(C)CCCN(N)C1=NC=NC1. The average molecular weight is 183 g/mol. The molecule has 5 heteroatoms. The molecule has 1 aliphatic rings. The second-order valence-corrected chi connectivity index (χ2v) is 3.35. The van der Waals surface area contributed by atoms with Gasteiger partial charge in [0, 0.05) is 6.54 Å². The zero-order valence-corrected chi connectivity index (χ0v) is 8.27. The fourth-order valence-electron chi connectivity index (χ4n) is 1.12. The van der Waals surface area contributed by atoms with Gasteiger partial charge in [-0.05, 0) is 27.1 Å². The van der Waals surface area contributed by atoms with Crippen molar-refractivity contribution < 1.29 is 0 Å². The Morgan fingerprint density at radius 1 is 1.46 bits per heavy atom. The van der Waals surface area contributed by atoms with Crippen molar-refractivity contribution in [2.45, 2.75) is 6.42 Å². The molecule has 0 unspecified atom stereocenters. The molecule has 0 aromatic heterocycles. The highest BCUT2D eigenvalue weighted by atomic mass is 15.4. The lowest BCUT2D eigenvalue weighted by atomic mass is 10.4. The highest BCUT2D eigenvalue weighted by Crippen LogP contribution is 1.94. The molecule has 13 heavy (non-hydrogen) atoms. The summed E-state index contributed by atoms with van der Waals surface area (Å²) in [5.74, 6) is 6.63. The maximum atomic E-state index is 5.77. The van der Waals surface area contributed by atoms with E-state index in [1.807, 2.05) is 0 Å². The van der Waals surface area contributed by atoms with Crippen molar-refractivity contribution in [3.63, 3.8) is 0 Å². The van der Waals surface area contributed by atoms with E-state index in [9.17, 15) is 0 Å². The molecule has 0 saturated heterocycles. The topological polar surface area (TPSA) is 57.2 Å². The van der Waals surface area contributed by atoms with Gasteiger partial charge in [0.25, 0.3) is 0 Å². The van der Waals surface area contributed by atoms with Gasteiger partial charge in [-0.3, -0.25) is 10.0 Å². The Kier molecular flexibility index (Phi) is 3.85. The number of rotatable bonds is 4. The van der Waals surface area contributed by atoms with E-state index in [1.165, 1.54) is 0 Å². The van der Waals surface area contributed by atoms with E-state index in [1.54, 1.807) is 11.3 Å². The number of amidine groups is 1. The third kappa shape index (κ3) is 3.52. The van der Waals surface area contributed by atoms with Crippen molar-refractivity contribution in [3.05, 3.63) is 0 Å². The molecular weight excluding hydrogens is 166 g/mol. The number of hydrogen-bond acceptors (Lipinski definition) is 5. The second-order valence-electron chi connectivity index (χ2n) is 3.35. The molecule has 0 fully saturated rings. The number of nitrogens with two attached hydrogens (primary N) is 1. The molecule has 74 valence electrons. The third-order valence-electron chi connectivity index (χ3n) is 1.86. The zero-order valence-electron chi connectivity index (χ0n) is 8.27. The lowest BCUT2D eigenvalue weighted by molar-refractivity contribution is 0.352. The Balaban J connectivity index is 2.14. The predicted octanol–water partition coefficient (Wildman–Crippen LogP) is -0.446. The van der Waals surface area contributed by atoms with Gasteiger partial charge in [0.05, 0.1) is 6.54 Å². The van der Waals surface area contributed by atoms with Crippen molar-refractivity contribution in [3.8, 4) is 0 Å².